The van der Waals surface area contributed by atoms with Crippen molar-refractivity contribution in [3.8, 4) is 0 Å². The summed E-state index contributed by atoms with van der Waals surface area (Å²) in [5.74, 6) is 1.45. The van der Waals surface area contributed by atoms with Crippen molar-refractivity contribution in [2.24, 2.45) is 13.0 Å². The number of aliphatic hydroxyl groups excluding tert-OH is 1. The molecule has 1 aromatic heterocycles. The zero-order valence-corrected chi connectivity index (χ0v) is 12.0. The Balaban J connectivity index is 1.95. The van der Waals surface area contributed by atoms with Crippen molar-refractivity contribution in [2.45, 2.75) is 51.6 Å². The molecule has 2 atom stereocenters. The molecule has 1 saturated carbocycles. The second-order valence-corrected chi connectivity index (χ2v) is 5.65. The first kappa shape index (κ1) is 14.2. The summed E-state index contributed by atoms with van der Waals surface area (Å²) in [6.45, 7) is 3.00. The fourth-order valence-corrected chi connectivity index (χ4v) is 2.92. The molecular weight excluding hydrogens is 240 g/mol. The number of nitrogens with zero attached hydrogens (tertiary/aromatic N) is 2. The fraction of sp³-hybridized carbons (Fsp3) is 0.786. The lowest BCUT2D eigenvalue weighted by Gasteiger charge is -2.26. The maximum atomic E-state index is 9.69. The van der Waals surface area contributed by atoms with Gasteiger partial charge in [-0.1, -0.05) is 19.8 Å². The van der Waals surface area contributed by atoms with E-state index in [-0.39, 0.29) is 6.10 Å². The van der Waals surface area contributed by atoms with Crippen LogP contribution < -0.4 is 11.1 Å². The average molecular weight is 266 g/mol. The summed E-state index contributed by atoms with van der Waals surface area (Å²) in [5.41, 5.74) is 7.90. The van der Waals surface area contributed by atoms with Gasteiger partial charge in [0.05, 0.1) is 17.5 Å². The normalized spacial score (nSPS) is 23.5. The first-order valence-electron chi connectivity index (χ1n) is 7.35. The van der Waals surface area contributed by atoms with Gasteiger partial charge in [-0.3, -0.25) is 4.68 Å². The van der Waals surface area contributed by atoms with Crippen molar-refractivity contribution in [2.75, 3.05) is 17.6 Å². The van der Waals surface area contributed by atoms with E-state index in [2.05, 4.69) is 17.3 Å². The van der Waals surface area contributed by atoms with Crippen molar-refractivity contribution in [1.29, 1.82) is 0 Å². The predicted octanol–water partition coefficient (Wildman–Crippen LogP) is 1.92. The van der Waals surface area contributed by atoms with E-state index in [4.69, 9.17) is 5.73 Å². The van der Waals surface area contributed by atoms with Gasteiger partial charge in [-0.25, -0.2) is 0 Å². The first-order chi connectivity index (χ1) is 9.11. The number of aryl methyl sites for hydroxylation is 2. The number of nitrogens with two attached hydrogens (primary N) is 1. The molecule has 0 radical (unpaired) electrons. The second-order valence-electron chi connectivity index (χ2n) is 5.65. The fourth-order valence-electron chi connectivity index (χ4n) is 2.92. The van der Waals surface area contributed by atoms with E-state index in [9.17, 15) is 5.11 Å². The molecule has 2 unspecified atom stereocenters. The zero-order chi connectivity index (χ0) is 13.8. The quantitative estimate of drug-likeness (QED) is 0.761. The molecule has 1 heterocycles. The van der Waals surface area contributed by atoms with Crippen molar-refractivity contribution < 1.29 is 5.11 Å². The summed E-state index contributed by atoms with van der Waals surface area (Å²) in [4.78, 5) is 0. The van der Waals surface area contributed by atoms with Gasteiger partial charge in [0.1, 0.15) is 5.82 Å². The minimum absolute atomic E-state index is 0.125. The molecule has 1 aliphatic carbocycles. The van der Waals surface area contributed by atoms with Crippen LogP contribution >= 0.6 is 0 Å². The van der Waals surface area contributed by atoms with Crippen molar-refractivity contribution in [1.82, 2.24) is 9.78 Å². The van der Waals surface area contributed by atoms with Crippen molar-refractivity contribution >= 4 is 11.5 Å². The Kier molecular flexibility index (Phi) is 4.69. The van der Waals surface area contributed by atoms with Crippen LogP contribution in [0.5, 0.6) is 0 Å². The minimum Gasteiger partial charge on any atom is -0.394 e. The molecule has 2 rings (SSSR count). The van der Waals surface area contributed by atoms with Gasteiger partial charge in [-0.15, -0.1) is 0 Å². The summed E-state index contributed by atoms with van der Waals surface area (Å²) in [6, 6.07) is 0. The monoisotopic (exact) mass is 266 g/mol. The number of hydrogen-bond acceptors (Lipinski definition) is 4. The van der Waals surface area contributed by atoms with E-state index < -0.39 is 0 Å². The number of anilines is 2. The van der Waals surface area contributed by atoms with Crippen LogP contribution in [0.2, 0.25) is 0 Å². The van der Waals surface area contributed by atoms with Crippen LogP contribution in [0.3, 0.4) is 0 Å². The van der Waals surface area contributed by atoms with E-state index in [1.165, 1.54) is 6.42 Å². The molecule has 0 bridgehead atoms. The van der Waals surface area contributed by atoms with Crippen LogP contribution in [0.4, 0.5) is 11.5 Å². The highest BCUT2D eigenvalue weighted by Gasteiger charge is 2.21. The Labute approximate surface area is 115 Å². The van der Waals surface area contributed by atoms with E-state index in [1.54, 1.807) is 0 Å². The predicted molar refractivity (Wildman–Crippen MR) is 78.1 cm³/mol. The Morgan fingerprint density at radius 2 is 2.26 bits per heavy atom. The van der Waals surface area contributed by atoms with Gasteiger partial charge in [0, 0.05) is 13.6 Å². The van der Waals surface area contributed by atoms with Gasteiger partial charge in [-0.2, -0.15) is 5.10 Å². The maximum absolute atomic E-state index is 9.69. The van der Waals surface area contributed by atoms with Gasteiger partial charge in [0.15, 0.2) is 0 Å². The minimum atomic E-state index is -0.125. The maximum Gasteiger partial charge on any atom is 0.147 e. The lowest BCUT2D eigenvalue weighted by molar-refractivity contribution is 0.104. The molecule has 5 heteroatoms. The second kappa shape index (κ2) is 6.28. The SMILES string of the molecule is CCCc1nn(C)c(NCC2CCCC(O)C2)c1N. The van der Waals surface area contributed by atoms with Crippen LogP contribution in [0, 0.1) is 5.92 Å². The molecule has 0 aromatic carbocycles. The molecule has 19 heavy (non-hydrogen) atoms. The molecule has 0 spiro atoms. The molecule has 0 aliphatic heterocycles. The number of rotatable bonds is 5. The van der Waals surface area contributed by atoms with Gasteiger partial charge >= 0.3 is 0 Å². The molecule has 0 saturated heterocycles. The highest BCUT2D eigenvalue weighted by atomic mass is 16.3. The largest absolute Gasteiger partial charge is 0.394 e. The molecule has 1 aromatic rings. The molecule has 4 N–H and O–H groups in total. The van der Waals surface area contributed by atoms with Crippen LogP contribution in [-0.2, 0) is 13.5 Å². The number of aliphatic hydroxyl groups is 1. The highest BCUT2D eigenvalue weighted by molar-refractivity contribution is 5.65. The zero-order valence-electron chi connectivity index (χ0n) is 12.0. The van der Waals surface area contributed by atoms with E-state index in [0.717, 1.165) is 55.8 Å². The van der Waals surface area contributed by atoms with E-state index >= 15 is 0 Å². The van der Waals surface area contributed by atoms with Gasteiger partial charge < -0.3 is 16.2 Å². The molecule has 0 amide bonds. The van der Waals surface area contributed by atoms with Crippen molar-refractivity contribution in [3.05, 3.63) is 5.69 Å². The van der Waals surface area contributed by atoms with Crippen LogP contribution in [0.15, 0.2) is 0 Å². The Morgan fingerprint density at radius 1 is 1.47 bits per heavy atom. The standard InChI is InChI=1S/C14H26N4O/c1-3-5-12-13(15)14(18(2)17-12)16-9-10-6-4-7-11(19)8-10/h10-11,16,19H,3-9,15H2,1-2H3. The Morgan fingerprint density at radius 3 is 2.95 bits per heavy atom. The van der Waals surface area contributed by atoms with E-state index in [0.29, 0.717) is 5.92 Å². The third kappa shape index (κ3) is 3.41. The Hall–Kier alpha value is -1.23. The topological polar surface area (TPSA) is 76.1 Å². The van der Waals surface area contributed by atoms with Gasteiger partial charge in [-0.05, 0) is 31.6 Å². The molecule has 108 valence electrons. The summed E-state index contributed by atoms with van der Waals surface area (Å²) in [5, 5.41) is 17.6. The van der Waals surface area contributed by atoms with Crippen LogP contribution in [0.1, 0.15) is 44.7 Å². The highest BCUT2D eigenvalue weighted by Crippen LogP contribution is 2.27. The van der Waals surface area contributed by atoms with Gasteiger partial charge in [0.25, 0.3) is 0 Å². The Bertz CT molecular complexity index is 416. The van der Waals surface area contributed by atoms with E-state index in [1.807, 2.05) is 11.7 Å². The summed E-state index contributed by atoms with van der Waals surface area (Å²) < 4.78 is 1.83. The smallest absolute Gasteiger partial charge is 0.147 e. The number of nitrogens with one attached hydrogen (secondary N) is 1. The first-order valence-corrected chi connectivity index (χ1v) is 7.35. The van der Waals surface area contributed by atoms with Crippen LogP contribution in [-0.4, -0.2) is 27.5 Å². The lowest BCUT2D eigenvalue weighted by Crippen LogP contribution is -2.25. The number of hydrogen-bond donors (Lipinski definition) is 3. The summed E-state index contributed by atoms with van der Waals surface area (Å²) >= 11 is 0. The lowest BCUT2D eigenvalue weighted by atomic mass is 9.87. The third-order valence-corrected chi connectivity index (χ3v) is 3.96. The molecule has 5 nitrogen and oxygen atoms in total. The molecule has 1 aliphatic rings. The molecular formula is C14H26N4O. The summed E-state index contributed by atoms with van der Waals surface area (Å²) in [6.07, 6.45) is 6.00. The van der Waals surface area contributed by atoms with Crippen LogP contribution in [0.25, 0.3) is 0 Å². The summed E-state index contributed by atoms with van der Waals surface area (Å²) in [7, 11) is 1.92. The van der Waals surface area contributed by atoms with Gasteiger partial charge in [0.2, 0.25) is 0 Å². The average Bonchev–Trinajstić information content (AvgIpc) is 2.63. The third-order valence-electron chi connectivity index (χ3n) is 3.96. The number of aromatic nitrogens is 2. The number of nitrogen functional groups attached to an aromatic ring is 1. The van der Waals surface area contributed by atoms with Crippen molar-refractivity contribution in [3.63, 3.8) is 0 Å². The molecule has 1 fully saturated rings.